The smallest absolute Gasteiger partial charge is 0.184 e. The van der Waals surface area contributed by atoms with Gasteiger partial charge in [0.25, 0.3) is 0 Å². The number of benzene rings is 1. The average Bonchev–Trinajstić information content (AvgIpc) is 2.14. The van der Waals surface area contributed by atoms with Crippen LogP contribution in [0.5, 0.6) is 5.75 Å². The van der Waals surface area contributed by atoms with Gasteiger partial charge in [0.15, 0.2) is 5.78 Å². The molecule has 0 amide bonds. The van der Waals surface area contributed by atoms with Crippen LogP contribution in [0.25, 0.3) is 0 Å². The number of ether oxygens (including phenoxy) is 1. The first-order chi connectivity index (χ1) is 7.11. The lowest BCUT2D eigenvalue weighted by Gasteiger charge is -2.06. The molecule has 0 bridgehead atoms. The van der Waals surface area contributed by atoms with Crippen molar-refractivity contribution in [2.75, 3.05) is 6.61 Å². The fourth-order valence-electron chi connectivity index (χ4n) is 1.32. The van der Waals surface area contributed by atoms with E-state index in [-0.39, 0.29) is 18.8 Å². The van der Waals surface area contributed by atoms with E-state index >= 15 is 0 Å². The average molecular weight is 203 g/mol. The van der Waals surface area contributed by atoms with Gasteiger partial charge in [0.05, 0.1) is 12.5 Å². The zero-order chi connectivity index (χ0) is 11.3. The number of hydrogen-bond acceptors (Lipinski definition) is 3. The largest absolute Gasteiger partial charge is 0.486 e. The van der Waals surface area contributed by atoms with Crippen LogP contribution in [0, 0.1) is 25.2 Å². The molecule has 3 heteroatoms. The molecule has 1 aromatic carbocycles. The predicted octanol–water partition coefficient (Wildman–Crippen LogP) is 2.17. The second-order valence-electron chi connectivity index (χ2n) is 3.49. The molecule has 1 aromatic rings. The van der Waals surface area contributed by atoms with E-state index in [0.717, 1.165) is 11.1 Å². The van der Waals surface area contributed by atoms with Gasteiger partial charge in [-0.2, -0.15) is 5.26 Å². The van der Waals surface area contributed by atoms with Gasteiger partial charge in [-0.1, -0.05) is 6.07 Å². The highest BCUT2D eigenvalue weighted by Crippen LogP contribution is 2.16. The summed E-state index contributed by atoms with van der Waals surface area (Å²) in [5, 5.41) is 8.30. The molecule has 0 fully saturated rings. The second kappa shape index (κ2) is 5.16. The Morgan fingerprint density at radius 3 is 2.47 bits per heavy atom. The van der Waals surface area contributed by atoms with Gasteiger partial charge in [-0.05, 0) is 37.1 Å². The Labute approximate surface area is 89.3 Å². The number of rotatable bonds is 4. The second-order valence-corrected chi connectivity index (χ2v) is 3.49. The van der Waals surface area contributed by atoms with Crippen molar-refractivity contribution in [3.05, 3.63) is 29.3 Å². The van der Waals surface area contributed by atoms with E-state index in [2.05, 4.69) is 0 Å². The van der Waals surface area contributed by atoms with Gasteiger partial charge in [-0.25, -0.2) is 0 Å². The Bertz CT molecular complexity index is 384. The molecule has 0 spiro atoms. The molecule has 3 nitrogen and oxygen atoms in total. The fourth-order valence-corrected chi connectivity index (χ4v) is 1.32. The molecular weight excluding hydrogens is 190 g/mol. The molecular formula is C12H13NO2. The van der Waals surface area contributed by atoms with Crippen molar-refractivity contribution >= 4 is 5.78 Å². The van der Waals surface area contributed by atoms with E-state index in [1.807, 2.05) is 32.0 Å². The van der Waals surface area contributed by atoms with Crippen LogP contribution in [0.1, 0.15) is 17.5 Å². The molecule has 0 radical (unpaired) electrons. The third-order valence-corrected chi connectivity index (χ3v) is 1.87. The van der Waals surface area contributed by atoms with Gasteiger partial charge in [-0.15, -0.1) is 0 Å². The third kappa shape index (κ3) is 3.82. The van der Waals surface area contributed by atoms with E-state index in [0.29, 0.717) is 5.75 Å². The molecule has 15 heavy (non-hydrogen) atoms. The first kappa shape index (κ1) is 11.3. The van der Waals surface area contributed by atoms with Crippen molar-refractivity contribution in [3.63, 3.8) is 0 Å². The van der Waals surface area contributed by atoms with Crippen LogP contribution in [0.15, 0.2) is 18.2 Å². The lowest BCUT2D eigenvalue weighted by molar-refractivity contribution is -0.120. The summed E-state index contributed by atoms with van der Waals surface area (Å²) in [6.07, 6.45) is -0.0925. The number of Topliss-reactive ketones (excluding diaryl/α,β-unsaturated/α-hetero) is 1. The molecule has 0 atom stereocenters. The molecule has 0 saturated carbocycles. The minimum atomic E-state index is -0.198. The van der Waals surface area contributed by atoms with Crippen LogP contribution in [0.2, 0.25) is 0 Å². The van der Waals surface area contributed by atoms with Crippen molar-refractivity contribution in [3.8, 4) is 11.8 Å². The predicted molar refractivity (Wildman–Crippen MR) is 56.6 cm³/mol. The summed E-state index contributed by atoms with van der Waals surface area (Å²) < 4.78 is 5.28. The van der Waals surface area contributed by atoms with E-state index < -0.39 is 0 Å². The van der Waals surface area contributed by atoms with Crippen molar-refractivity contribution < 1.29 is 9.53 Å². The summed E-state index contributed by atoms with van der Waals surface area (Å²) in [4.78, 5) is 11.0. The number of ketones is 1. The van der Waals surface area contributed by atoms with Crippen LogP contribution in [-0.2, 0) is 4.79 Å². The topological polar surface area (TPSA) is 50.1 Å². The normalized spacial score (nSPS) is 9.40. The summed E-state index contributed by atoms with van der Waals surface area (Å²) >= 11 is 0. The Balaban J connectivity index is 2.58. The molecule has 0 unspecified atom stereocenters. The maximum Gasteiger partial charge on any atom is 0.184 e. The summed E-state index contributed by atoms with van der Waals surface area (Å²) in [5.74, 6) is 0.482. The molecule has 0 aliphatic heterocycles. The lowest BCUT2D eigenvalue weighted by Crippen LogP contribution is -2.10. The van der Waals surface area contributed by atoms with Crippen LogP contribution in [0.3, 0.4) is 0 Å². The quantitative estimate of drug-likeness (QED) is 0.753. The molecule has 0 aliphatic rings. The number of carbonyl (C=O) groups excluding carboxylic acids is 1. The Hall–Kier alpha value is -1.82. The molecule has 0 aromatic heterocycles. The fraction of sp³-hybridized carbons (Fsp3) is 0.333. The van der Waals surface area contributed by atoms with Gasteiger partial charge in [0.1, 0.15) is 12.4 Å². The minimum absolute atomic E-state index is 0.0313. The SMILES string of the molecule is Cc1cc(C)cc(OCC(=O)CC#N)c1. The van der Waals surface area contributed by atoms with Gasteiger partial charge in [0.2, 0.25) is 0 Å². The maximum absolute atomic E-state index is 11.0. The molecule has 78 valence electrons. The zero-order valence-electron chi connectivity index (χ0n) is 8.91. The number of aryl methyl sites for hydroxylation is 2. The van der Waals surface area contributed by atoms with Crippen LogP contribution < -0.4 is 4.74 Å². The van der Waals surface area contributed by atoms with Gasteiger partial charge in [0, 0.05) is 0 Å². The number of nitrogens with zero attached hydrogens (tertiary/aromatic N) is 1. The van der Waals surface area contributed by atoms with Gasteiger partial charge < -0.3 is 4.74 Å². The van der Waals surface area contributed by atoms with Gasteiger partial charge in [-0.3, -0.25) is 4.79 Å². The van der Waals surface area contributed by atoms with E-state index in [4.69, 9.17) is 10.00 Å². The molecule has 1 rings (SSSR count). The Morgan fingerprint density at radius 2 is 1.93 bits per heavy atom. The first-order valence-corrected chi connectivity index (χ1v) is 4.71. The van der Waals surface area contributed by atoms with E-state index in [1.165, 1.54) is 0 Å². The molecule has 0 saturated heterocycles. The van der Waals surface area contributed by atoms with Crippen LogP contribution >= 0.6 is 0 Å². The molecule has 0 heterocycles. The summed E-state index contributed by atoms with van der Waals surface area (Å²) in [6.45, 7) is 3.91. The minimum Gasteiger partial charge on any atom is -0.486 e. The van der Waals surface area contributed by atoms with Crippen molar-refractivity contribution in [2.24, 2.45) is 0 Å². The highest BCUT2D eigenvalue weighted by atomic mass is 16.5. The lowest BCUT2D eigenvalue weighted by atomic mass is 10.1. The monoisotopic (exact) mass is 203 g/mol. The number of carbonyl (C=O) groups is 1. The summed E-state index contributed by atoms with van der Waals surface area (Å²) in [6, 6.07) is 7.56. The third-order valence-electron chi connectivity index (χ3n) is 1.87. The summed E-state index contributed by atoms with van der Waals surface area (Å²) in [5.41, 5.74) is 2.19. The van der Waals surface area contributed by atoms with E-state index in [1.54, 1.807) is 6.07 Å². The number of hydrogen-bond donors (Lipinski definition) is 0. The molecule has 0 aliphatic carbocycles. The molecule has 0 N–H and O–H groups in total. The number of nitriles is 1. The van der Waals surface area contributed by atoms with Crippen molar-refractivity contribution in [1.29, 1.82) is 5.26 Å². The van der Waals surface area contributed by atoms with Crippen LogP contribution in [-0.4, -0.2) is 12.4 Å². The Kier molecular flexibility index (Phi) is 3.87. The highest BCUT2D eigenvalue weighted by molar-refractivity contribution is 5.81. The maximum atomic E-state index is 11.0. The summed E-state index contributed by atoms with van der Waals surface area (Å²) in [7, 11) is 0. The highest BCUT2D eigenvalue weighted by Gasteiger charge is 2.02. The zero-order valence-corrected chi connectivity index (χ0v) is 8.91. The Morgan fingerprint density at radius 1 is 1.33 bits per heavy atom. The first-order valence-electron chi connectivity index (χ1n) is 4.71. The van der Waals surface area contributed by atoms with Gasteiger partial charge >= 0.3 is 0 Å². The van der Waals surface area contributed by atoms with Crippen molar-refractivity contribution in [2.45, 2.75) is 20.3 Å². The standard InChI is InChI=1S/C12H13NO2/c1-9-5-10(2)7-12(6-9)15-8-11(14)3-4-13/h5-7H,3,8H2,1-2H3. The van der Waals surface area contributed by atoms with Crippen molar-refractivity contribution in [1.82, 2.24) is 0 Å². The van der Waals surface area contributed by atoms with Crippen LogP contribution in [0.4, 0.5) is 0 Å². The van der Waals surface area contributed by atoms with E-state index in [9.17, 15) is 4.79 Å².